The van der Waals surface area contributed by atoms with Gasteiger partial charge < -0.3 is 19.8 Å². The molecule has 0 fully saturated rings. The van der Waals surface area contributed by atoms with Crippen LogP contribution in [0, 0.1) is 0 Å². The number of unbranched alkanes of at least 4 members (excludes halogenated alkanes) is 29. The van der Waals surface area contributed by atoms with Crippen molar-refractivity contribution in [2.24, 2.45) is 0 Å². The van der Waals surface area contributed by atoms with E-state index in [0.717, 1.165) is 19.3 Å². The van der Waals surface area contributed by atoms with Crippen LogP contribution in [0.25, 0.3) is 0 Å². The number of amides is 1. The van der Waals surface area contributed by atoms with Gasteiger partial charge in [-0.25, -0.2) is 0 Å². The molecule has 0 aliphatic heterocycles. The molecule has 0 aromatic rings. The molecule has 0 bridgehead atoms. The van der Waals surface area contributed by atoms with Crippen molar-refractivity contribution >= 4 is 5.91 Å². The maximum absolute atomic E-state index is 12.7. The molecule has 1 amide bonds. The summed E-state index contributed by atoms with van der Waals surface area (Å²) >= 11 is 0. The summed E-state index contributed by atoms with van der Waals surface area (Å²) in [7, 11) is 0. The quantitative estimate of drug-likeness (QED) is 0.0648. The number of carbonyl (C=O) groups excluding carboxylic acids is 1. The molecule has 0 rings (SSSR count). The molecule has 5 heteroatoms. The van der Waals surface area contributed by atoms with Crippen LogP contribution in [0.2, 0.25) is 0 Å². The van der Waals surface area contributed by atoms with Crippen molar-refractivity contribution in [1.29, 1.82) is 0 Å². The van der Waals surface area contributed by atoms with E-state index in [4.69, 9.17) is 4.74 Å². The van der Waals surface area contributed by atoms with Gasteiger partial charge >= 0.3 is 0 Å². The maximum atomic E-state index is 12.7. The molecule has 46 heavy (non-hydrogen) atoms. The summed E-state index contributed by atoms with van der Waals surface area (Å²) in [6.07, 6.45) is 41.1. The Morgan fingerprint density at radius 3 is 1.20 bits per heavy atom. The summed E-state index contributed by atoms with van der Waals surface area (Å²) in [5, 5.41) is 19.9. The fourth-order valence-electron chi connectivity index (χ4n) is 6.52. The highest BCUT2D eigenvalue weighted by Crippen LogP contribution is 2.15. The standard InChI is InChI=1S/C41H83NO4/c1-3-5-7-9-11-13-15-17-18-19-20-21-23-25-27-29-31-33-37-46-39-40(44)38-42(35-36-43)41(45)34-32-30-28-26-24-22-16-14-12-10-8-6-4-2/h40,43-44H,3-39H2,1-2H3. The predicted molar refractivity (Wildman–Crippen MR) is 200 cm³/mol. The molecular weight excluding hydrogens is 570 g/mol. The second-order valence-corrected chi connectivity index (χ2v) is 14.3. The van der Waals surface area contributed by atoms with Gasteiger partial charge in [0.2, 0.25) is 5.91 Å². The van der Waals surface area contributed by atoms with E-state index in [0.29, 0.717) is 13.0 Å². The Balaban J connectivity index is 3.56. The molecule has 0 heterocycles. The van der Waals surface area contributed by atoms with Crippen LogP contribution in [0.4, 0.5) is 0 Å². The van der Waals surface area contributed by atoms with Crippen molar-refractivity contribution in [3.05, 3.63) is 0 Å². The summed E-state index contributed by atoms with van der Waals surface area (Å²) in [4.78, 5) is 14.3. The van der Waals surface area contributed by atoms with Crippen molar-refractivity contribution in [3.8, 4) is 0 Å². The van der Waals surface area contributed by atoms with Crippen LogP contribution in [-0.2, 0) is 9.53 Å². The highest BCUT2D eigenvalue weighted by atomic mass is 16.5. The number of aliphatic hydroxyl groups excluding tert-OH is 2. The highest BCUT2D eigenvalue weighted by Gasteiger charge is 2.17. The van der Waals surface area contributed by atoms with Crippen LogP contribution in [-0.4, -0.2) is 60.0 Å². The van der Waals surface area contributed by atoms with Crippen LogP contribution < -0.4 is 0 Å². The minimum Gasteiger partial charge on any atom is -0.395 e. The van der Waals surface area contributed by atoms with Gasteiger partial charge in [0, 0.05) is 26.1 Å². The van der Waals surface area contributed by atoms with Gasteiger partial charge in [-0.15, -0.1) is 0 Å². The molecule has 0 radical (unpaired) electrons. The van der Waals surface area contributed by atoms with Crippen LogP contribution in [0.5, 0.6) is 0 Å². The third kappa shape index (κ3) is 34.7. The zero-order chi connectivity index (χ0) is 33.6. The highest BCUT2D eigenvalue weighted by molar-refractivity contribution is 5.76. The molecular formula is C41H83NO4. The second-order valence-electron chi connectivity index (χ2n) is 14.3. The minimum atomic E-state index is -0.697. The Morgan fingerprint density at radius 1 is 0.522 bits per heavy atom. The van der Waals surface area contributed by atoms with E-state index in [1.165, 1.54) is 180 Å². The Kier molecular flexibility index (Phi) is 38.2. The maximum Gasteiger partial charge on any atom is 0.222 e. The number of aliphatic hydroxyl groups is 2. The molecule has 0 saturated carbocycles. The number of hydrogen-bond donors (Lipinski definition) is 2. The molecule has 276 valence electrons. The van der Waals surface area contributed by atoms with Crippen molar-refractivity contribution in [2.75, 3.05) is 32.9 Å². The summed E-state index contributed by atoms with van der Waals surface area (Å²) in [5.41, 5.74) is 0. The fourth-order valence-corrected chi connectivity index (χ4v) is 6.52. The van der Waals surface area contributed by atoms with Crippen LogP contribution >= 0.6 is 0 Å². The molecule has 0 aromatic heterocycles. The number of rotatable bonds is 39. The third-order valence-corrected chi connectivity index (χ3v) is 9.60. The van der Waals surface area contributed by atoms with E-state index in [-0.39, 0.29) is 32.2 Å². The molecule has 1 unspecified atom stereocenters. The molecule has 2 N–H and O–H groups in total. The Hall–Kier alpha value is -0.650. The van der Waals surface area contributed by atoms with Crippen LogP contribution in [0.1, 0.15) is 219 Å². The van der Waals surface area contributed by atoms with Crippen LogP contribution in [0.15, 0.2) is 0 Å². The first kappa shape index (κ1) is 45.3. The monoisotopic (exact) mass is 654 g/mol. The molecule has 0 saturated heterocycles. The smallest absolute Gasteiger partial charge is 0.222 e. The fraction of sp³-hybridized carbons (Fsp3) is 0.976. The van der Waals surface area contributed by atoms with Crippen molar-refractivity contribution < 1.29 is 19.7 Å². The summed E-state index contributed by atoms with van der Waals surface area (Å²) in [6, 6.07) is 0. The first-order valence-electron chi connectivity index (χ1n) is 20.8. The van der Waals surface area contributed by atoms with Crippen LogP contribution in [0.3, 0.4) is 0 Å². The van der Waals surface area contributed by atoms with E-state index >= 15 is 0 Å². The SMILES string of the molecule is CCCCCCCCCCCCCCCCCCCCOCC(O)CN(CCO)C(=O)CCCCCCCCCCCCCCC. The topological polar surface area (TPSA) is 70.0 Å². The lowest BCUT2D eigenvalue weighted by Gasteiger charge is -2.24. The van der Waals surface area contributed by atoms with Gasteiger partial charge in [0.15, 0.2) is 0 Å². The molecule has 0 aliphatic rings. The molecule has 0 spiro atoms. The molecule has 0 aliphatic carbocycles. The van der Waals surface area contributed by atoms with Gasteiger partial charge in [-0.05, 0) is 12.8 Å². The summed E-state index contributed by atoms with van der Waals surface area (Å²) in [6.45, 7) is 5.94. The van der Waals surface area contributed by atoms with E-state index in [1.54, 1.807) is 4.90 Å². The first-order valence-corrected chi connectivity index (χ1v) is 20.8. The van der Waals surface area contributed by atoms with Gasteiger partial charge in [0.25, 0.3) is 0 Å². The van der Waals surface area contributed by atoms with Gasteiger partial charge in [-0.2, -0.15) is 0 Å². The van der Waals surface area contributed by atoms with E-state index in [2.05, 4.69) is 13.8 Å². The predicted octanol–water partition coefficient (Wildman–Crippen LogP) is 11.7. The first-order chi connectivity index (χ1) is 22.7. The second kappa shape index (κ2) is 38.8. The average molecular weight is 654 g/mol. The third-order valence-electron chi connectivity index (χ3n) is 9.60. The largest absolute Gasteiger partial charge is 0.395 e. The zero-order valence-electron chi connectivity index (χ0n) is 31.4. The molecule has 1 atom stereocenters. The lowest BCUT2D eigenvalue weighted by molar-refractivity contribution is -0.134. The van der Waals surface area contributed by atoms with E-state index < -0.39 is 6.10 Å². The number of hydrogen-bond acceptors (Lipinski definition) is 4. The molecule has 5 nitrogen and oxygen atoms in total. The van der Waals surface area contributed by atoms with Gasteiger partial charge in [0.1, 0.15) is 0 Å². The number of ether oxygens (including phenoxy) is 1. The van der Waals surface area contributed by atoms with Gasteiger partial charge in [-0.3, -0.25) is 4.79 Å². The summed E-state index contributed by atoms with van der Waals surface area (Å²) in [5.74, 6) is 0.0414. The average Bonchev–Trinajstić information content (AvgIpc) is 3.05. The van der Waals surface area contributed by atoms with E-state index in [1.807, 2.05) is 0 Å². The Morgan fingerprint density at radius 2 is 0.848 bits per heavy atom. The normalized spacial score (nSPS) is 12.2. The van der Waals surface area contributed by atoms with E-state index in [9.17, 15) is 15.0 Å². The molecule has 0 aromatic carbocycles. The Labute approximate surface area is 288 Å². The lowest BCUT2D eigenvalue weighted by Crippen LogP contribution is -2.40. The van der Waals surface area contributed by atoms with Crippen molar-refractivity contribution in [2.45, 2.75) is 225 Å². The van der Waals surface area contributed by atoms with Crippen molar-refractivity contribution in [3.63, 3.8) is 0 Å². The number of carbonyl (C=O) groups is 1. The van der Waals surface area contributed by atoms with Gasteiger partial charge in [-0.1, -0.05) is 200 Å². The Bertz CT molecular complexity index is 587. The van der Waals surface area contributed by atoms with Gasteiger partial charge in [0.05, 0.1) is 19.3 Å². The minimum absolute atomic E-state index is 0.0414. The van der Waals surface area contributed by atoms with Crippen molar-refractivity contribution in [1.82, 2.24) is 4.90 Å². The zero-order valence-corrected chi connectivity index (χ0v) is 31.4. The lowest BCUT2D eigenvalue weighted by atomic mass is 10.0. The number of nitrogens with zero attached hydrogens (tertiary/aromatic N) is 1. The summed E-state index contributed by atoms with van der Waals surface area (Å²) < 4.78 is 5.71.